The summed E-state index contributed by atoms with van der Waals surface area (Å²) in [5, 5.41) is 6.15. The van der Waals surface area contributed by atoms with Gasteiger partial charge in [0.2, 0.25) is 0 Å². The number of ether oxygens (including phenoxy) is 1. The minimum Gasteiger partial charge on any atom is -0.482 e. The second-order valence-electron chi connectivity index (χ2n) is 4.48. The lowest BCUT2D eigenvalue weighted by molar-refractivity contribution is -0.118. The van der Waals surface area contributed by atoms with E-state index in [0.29, 0.717) is 0 Å². The molecule has 4 nitrogen and oxygen atoms in total. The van der Waals surface area contributed by atoms with E-state index in [-0.39, 0.29) is 12.5 Å². The molecule has 0 saturated carbocycles. The Morgan fingerprint density at radius 2 is 2.28 bits per heavy atom. The number of rotatable bonds is 6. The lowest BCUT2D eigenvalue weighted by Gasteiger charge is -2.18. The van der Waals surface area contributed by atoms with E-state index in [1.165, 1.54) is 12.0 Å². The first-order chi connectivity index (χ1) is 8.79. The molecule has 0 fully saturated rings. The number of unbranched alkanes of at least 4 members (excludes halogenated alkanes) is 1. The van der Waals surface area contributed by atoms with Gasteiger partial charge in [-0.15, -0.1) is 0 Å². The van der Waals surface area contributed by atoms with Gasteiger partial charge in [-0.05, 0) is 50.0 Å². The molecule has 2 rings (SSSR count). The fourth-order valence-electron chi connectivity index (χ4n) is 2.04. The van der Waals surface area contributed by atoms with Gasteiger partial charge in [0.15, 0.2) is 6.61 Å². The summed E-state index contributed by atoms with van der Waals surface area (Å²) in [6, 6.07) is 6.03. The molecule has 1 amide bonds. The van der Waals surface area contributed by atoms with Crippen molar-refractivity contribution in [2.75, 3.05) is 25.0 Å². The Balaban J connectivity index is 1.86. The summed E-state index contributed by atoms with van der Waals surface area (Å²) in [5.41, 5.74) is 2.05. The lowest BCUT2D eigenvalue weighted by atomic mass is 10.1. The van der Waals surface area contributed by atoms with Gasteiger partial charge >= 0.3 is 0 Å². The molecule has 2 N–H and O–H groups in total. The number of carbonyl (C=O) groups excluding carboxylic acids is 1. The third kappa shape index (κ3) is 3.47. The fourth-order valence-corrected chi connectivity index (χ4v) is 2.04. The van der Waals surface area contributed by atoms with Crippen LogP contribution in [0.4, 0.5) is 5.69 Å². The minimum atomic E-state index is -0.0770. The maximum absolute atomic E-state index is 11.2. The van der Waals surface area contributed by atoms with Gasteiger partial charge in [0.25, 0.3) is 5.91 Å². The van der Waals surface area contributed by atoms with Crippen molar-refractivity contribution < 1.29 is 9.53 Å². The molecule has 18 heavy (non-hydrogen) atoms. The molecular weight excluding hydrogens is 228 g/mol. The molecule has 0 spiro atoms. The predicted octanol–water partition coefficient (Wildman–Crippen LogP) is 1.95. The highest BCUT2D eigenvalue weighted by Crippen LogP contribution is 2.28. The van der Waals surface area contributed by atoms with Crippen LogP contribution in [0.2, 0.25) is 0 Å². The van der Waals surface area contributed by atoms with Crippen LogP contribution in [0.25, 0.3) is 0 Å². The largest absolute Gasteiger partial charge is 0.482 e. The molecule has 1 aromatic rings. The Hall–Kier alpha value is -1.55. The zero-order chi connectivity index (χ0) is 12.8. The summed E-state index contributed by atoms with van der Waals surface area (Å²) in [6.45, 7) is 4.34. The van der Waals surface area contributed by atoms with Crippen molar-refractivity contribution in [3.8, 4) is 5.75 Å². The predicted molar refractivity (Wildman–Crippen MR) is 72.0 cm³/mol. The molecule has 1 aromatic carbocycles. The quantitative estimate of drug-likeness (QED) is 0.757. The normalized spacial score (nSPS) is 13.7. The van der Waals surface area contributed by atoms with E-state index in [1.807, 2.05) is 12.1 Å². The Bertz CT molecular complexity index is 418. The monoisotopic (exact) mass is 248 g/mol. The highest BCUT2D eigenvalue weighted by molar-refractivity contribution is 5.95. The van der Waals surface area contributed by atoms with Gasteiger partial charge in [0.1, 0.15) is 5.75 Å². The SMILES string of the molecule is CCNCCCCc1ccc2c(c1)NC(=O)CO2. The van der Waals surface area contributed by atoms with E-state index in [2.05, 4.69) is 23.6 Å². The van der Waals surface area contributed by atoms with Gasteiger partial charge in [0, 0.05) is 0 Å². The summed E-state index contributed by atoms with van der Waals surface area (Å²) in [6.07, 6.45) is 3.36. The van der Waals surface area contributed by atoms with Crippen LogP contribution < -0.4 is 15.4 Å². The lowest BCUT2D eigenvalue weighted by Crippen LogP contribution is -2.25. The third-order valence-electron chi connectivity index (χ3n) is 3.00. The highest BCUT2D eigenvalue weighted by Gasteiger charge is 2.15. The maximum Gasteiger partial charge on any atom is 0.262 e. The van der Waals surface area contributed by atoms with E-state index in [0.717, 1.165) is 37.4 Å². The second-order valence-corrected chi connectivity index (χ2v) is 4.48. The second kappa shape index (κ2) is 6.40. The number of nitrogens with one attached hydrogen (secondary N) is 2. The number of benzene rings is 1. The van der Waals surface area contributed by atoms with Crippen LogP contribution in [0.15, 0.2) is 18.2 Å². The fraction of sp³-hybridized carbons (Fsp3) is 0.500. The molecule has 1 aliphatic heterocycles. The van der Waals surface area contributed by atoms with Crippen molar-refractivity contribution in [2.45, 2.75) is 26.2 Å². The molecule has 0 aliphatic carbocycles. The number of aryl methyl sites for hydroxylation is 1. The van der Waals surface area contributed by atoms with Crippen LogP contribution in [0, 0.1) is 0 Å². The van der Waals surface area contributed by atoms with Crippen LogP contribution in [0.1, 0.15) is 25.3 Å². The van der Waals surface area contributed by atoms with Gasteiger partial charge in [-0.3, -0.25) is 4.79 Å². The molecule has 0 unspecified atom stereocenters. The minimum absolute atomic E-state index is 0.0770. The molecule has 0 aromatic heterocycles. The van der Waals surface area contributed by atoms with Crippen LogP contribution in [-0.4, -0.2) is 25.6 Å². The summed E-state index contributed by atoms with van der Waals surface area (Å²) in [5.74, 6) is 0.692. The van der Waals surface area contributed by atoms with E-state index in [4.69, 9.17) is 4.74 Å². The van der Waals surface area contributed by atoms with Crippen LogP contribution >= 0.6 is 0 Å². The Morgan fingerprint density at radius 3 is 3.11 bits per heavy atom. The van der Waals surface area contributed by atoms with Crippen molar-refractivity contribution in [1.82, 2.24) is 5.32 Å². The average molecular weight is 248 g/mol. The van der Waals surface area contributed by atoms with Crippen molar-refractivity contribution in [1.29, 1.82) is 0 Å². The molecule has 1 heterocycles. The summed E-state index contributed by atoms with van der Waals surface area (Å²) in [7, 11) is 0. The summed E-state index contributed by atoms with van der Waals surface area (Å²) in [4.78, 5) is 11.2. The smallest absolute Gasteiger partial charge is 0.262 e. The molecule has 0 bridgehead atoms. The number of hydrogen-bond donors (Lipinski definition) is 2. The van der Waals surface area contributed by atoms with Crippen molar-refractivity contribution in [3.05, 3.63) is 23.8 Å². The summed E-state index contributed by atoms with van der Waals surface area (Å²) >= 11 is 0. The molecule has 98 valence electrons. The Labute approximate surface area is 108 Å². The van der Waals surface area contributed by atoms with Crippen molar-refractivity contribution in [2.24, 2.45) is 0 Å². The first-order valence-corrected chi connectivity index (χ1v) is 6.56. The molecule has 0 saturated heterocycles. The van der Waals surface area contributed by atoms with E-state index in [9.17, 15) is 4.79 Å². The molecule has 0 radical (unpaired) electrons. The molecular formula is C14H20N2O2. The van der Waals surface area contributed by atoms with Crippen LogP contribution in [0.3, 0.4) is 0 Å². The number of fused-ring (bicyclic) bond motifs is 1. The highest BCUT2D eigenvalue weighted by atomic mass is 16.5. The summed E-state index contributed by atoms with van der Waals surface area (Å²) < 4.78 is 5.33. The average Bonchev–Trinajstić information content (AvgIpc) is 2.38. The molecule has 1 aliphatic rings. The van der Waals surface area contributed by atoms with Gasteiger partial charge in [-0.25, -0.2) is 0 Å². The van der Waals surface area contributed by atoms with E-state index >= 15 is 0 Å². The Morgan fingerprint density at radius 1 is 1.39 bits per heavy atom. The first-order valence-electron chi connectivity index (χ1n) is 6.56. The number of anilines is 1. The zero-order valence-corrected chi connectivity index (χ0v) is 10.8. The van der Waals surface area contributed by atoms with Crippen LogP contribution in [-0.2, 0) is 11.2 Å². The van der Waals surface area contributed by atoms with Gasteiger partial charge in [-0.2, -0.15) is 0 Å². The number of amides is 1. The Kier molecular flexibility index (Phi) is 4.59. The first kappa shape index (κ1) is 12.9. The zero-order valence-electron chi connectivity index (χ0n) is 10.8. The van der Waals surface area contributed by atoms with E-state index < -0.39 is 0 Å². The number of carbonyl (C=O) groups is 1. The maximum atomic E-state index is 11.2. The van der Waals surface area contributed by atoms with Crippen molar-refractivity contribution in [3.63, 3.8) is 0 Å². The standard InChI is InChI=1S/C14H20N2O2/c1-2-15-8-4-3-5-11-6-7-13-12(9-11)16-14(17)10-18-13/h6-7,9,15H,2-5,8,10H2,1H3,(H,16,17). The molecule has 4 heteroatoms. The third-order valence-corrected chi connectivity index (χ3v) is 3.00. The van der Waals surface area contributed by atoms with Gasteiger partial charge in [0.05, 0.1) is 5.69 Å². The molecule has 0 atom stereocenters. The van der Waals surface area contributed by atoms with Crippen molar-refractivity contribution >= 4 is 11.6 Å². The van der Waals surface area contributed by atoms with Gasteiger partial charge < -0.3 is 15.4 Å². The number of hydrogen-bond acceptors (Lipinski definition) is 3. The van der Waals surface area contributed by atoms with Crippen LogP contribution in [0.5, 0.6) is 5.75 Å². The van der Waals surface area contributed by atoms with E-state index in [1.54, 1.807) is 0 Å². The van der Waals surface area contributed by atoms with Gasteiger partial charge in [-0.1, -0.05) is 13.0 Å². The topological polar surface area (TPSA) is 50.4 Å².